The number of hydrogen-bond acceptors (Lipinski definition) is 3. The van der Waals surface area contributed by atoms with Gasteiger partial charge in [0.1, 0.15) is 0 Å². The zero-order valence-corrected chi connectivity index (χ0v) is 17.1. The topological polar surface area (TPSA) is 49.3 Å². The summed E-state index contributed by atoms with van der Waals surface area (Å²) in [6.45, 7) is 7.02. The van der Waals surface area contributed by atoms with Crippen LogP contribution < -0.4 is 4.72 Å². The molecule has 0 saturated carbocycles. The molecule has 2 aromatic carbocycles. The number of allylic oxidation sites excluding steroid dienone is 1. The van der Waals surface area contributed by atoms with Crippen molar-refractivity contribution in [2.45, 2.75) is 46.5 Å². The van der Waals surface area contributed by atoms with Gasteiger partial charge in [0.2, 0.25) is 0 Å². The molecular weight excluding hydrogens is 354 g/mol. The summed E-state index contributed by atoms with van der Waals surface area (Å²) in [5, 5.41) is 9.46. The normalized spacial score (nSPS) is 14.1. The maximum Gasteiger partial charge on any atom is 0.307 e. The molecule has 1 aliphatic carbocycles. The van der Waals surface area contributed by atoms with Crippen LogP contribution in [0.1, 0.15) is 47.1 Å². The van der Waals surface area contributed by atoms with E-state index in [1.54, 1.807) is 0 Å². The average molecular weight is 382 g/mol. The summed E-state index contributed by atoms with van der Waals surface area (Å²) in [6, 6.07) is 10.6. The Kier molecular flexibility index (Phi) is 6.08. The largest absolute Gasteiger partial charge is 0.481 e. The predicted octanol–water partition coefficient (Wildman–Crippen LogP) is 5.28. The fourth-order valence-electron chi connectivity index (χ4n) is 4.08. The van der Waals surface area contributed by atoms with Gasteiger partial charge < -0.3 is 5.11 Å². The first-order valence-corrected chi connectivity index (χ1v) is 9.87. The second kappa shape index (κ2) is 8.32. The van der Waals surface area contributed by atoms with Crippen molar-refractivity contribution in [3.63, 3.8) is 0 Å². The van der Waals surface area contributed by atoms with Gasteiger partial charge in [0.25, 0.3) is 0 Å². The molecule has 0 aromatic heterocycles. The lowest BCUT2D eigenvalue weighted by Crippen LogP contribution is -2.08. The van der Waals surface area contributed by atoms with Gasteiger partial charge in [-0.3, -0.25) is 9.52 Å². The molecule has 3 rings (SSSR count). The average Bonchev–Trinajstić information content (AvgIpc) is 3.08. The van der Waals surface area contributed by atoms with E-state index in [4.69, 9.17) is 0 Å². The fourth-order valence-corrected chi connectivity index (χ4v) is 4.27. The number of carboxylic acids is 1. The Hall–Kier alpha value is -2.04. The molecule has 2 N–H and O–H groups in total. The Bertz CT molecular complexity index is 898. The first-order chi connectivity index (χ1) is 12.9. The first kappa shape index (κ1) is 19.7. The van der Waals surface area contributed by atoms with Crippen molar-refractivity contribution in [1.82, 2.24) is 4.72 Å². The molecule has 0 atom stereocenters. The van der Waals surface area contributed by atoms with Crippen molar-refractivity contribution < 1.29 is 9.90 Å². The minimum absolute atomic E-state index is 0.0419. The lowest BCUT2D eigenvalue weighted by molar-refractivity contribution is -0.136. The van der Waals surface area contributed by atoms with E-state index in [1.807, 2.05) is 0 Å². The SMILES string of the molecule is Cc1ccc(-c2cc(C3=C(CNS)CCC3)c(C)c(C)c2CC(=O)O)cc1. The van der Waals surface area contributed by atoms with E-state index < -0.39 is 5.97 Å². The van der Waals surface area contributed by atoms with Gasteiger partial charge in [0.05, 0.1) is 6.42 Å². The van der Waals surface area contributed by atoms with Crippen molar-refractivity contribution in [3.05, 3.63) is 63.7 Å². The monoisotopic (exact) mass is 381 g/mol. The lowest BCUT2D eigenvalue weighted by atomic mass is 9.85. The molecule has 0 radical (unpaired) electrons. The van der Waals surface area contributed by atoms with E-state index in [-0.39, 0.29) is 6.42 Å². The van der Waals surface area contributed by atoms with E-state index in [0.29, 0.717) is 0 Å². The minimum Gasteiger partial charge on any atom is -0.481 e. The van der Waals surface area contributed by atoms with Crippen LogP contribution >= 0.6 is 12.8 Å². The summed E-state index contributed by atoms with van der Waals surface area (Å²) in [5.74, 6) is -0.793. The Labute approximate surface area is 167 Å². The number of aryl methyl sites for hydroxylation is 1. The van der Waals surface area contributed by atoms with Gasteiger partial charge in [-0.05, 0) is 85.1 Å². The molecule has 0 saturated heterocycles. The molecule has 0 spiro atoms. The van der Waals surface area contributed by atoms with Crippen LogP contribution in [-0.4, -0.2) is 17.6 Å². The Morgan fingerprint density at radius 2 is 1.78 bits per heavy atom. The molecule has 0 aliphatic heterocycles. The zero-order chi connectivity index (χ0) is 19.6. The standard InChI is InChI=1S/C23H27NO2S/c1-14-7-9-17(10-8-14)22-11-20(19-6-4-5-18(19)13-24-27)15(2)16(3)21(22)12-23(25)26/h7-11,24,27H,4-6,12-13H2,1-3H3,(H,25,26). The van der Waals surface area contributed by atoms with Gasteiger partial charge >= 0.3 is 5.97 Å². The molecule has 4 heteroatoms. The molecule has 3 nitrogen and oxygen atoms in total. The van der Waals surface area contributed by atoms with Crippen molar-refractivity contribution in [2.75, 3.05) is 6.54 Å². The molecular formula is C23H27NO2S. The van der Waals surface area contributed by atoms with Crippen LogP contribution in [-0.2, 0) is 11.2 Å². The second-order valence-corrected chi connectivity index (χ2v) is 7.72. The maximum absolute atomic E-state index is 11.5. The first-order valence-electron chi connectivity index (χ1n) is 9.42. The molecule has 142 valence electrons. The summed E-state index contributed by atoms with van der Waals surface area (Å²) < 4.78 is 2.99. The van der Waals surface area contributed by atoms with Crippen LogP contribution in [0, 0.1) is 20.8 Å². The minimum atomic E-state index is -0.793. The van der Waals surface area contributed by atoms with Crippen LogP contribution in [0.4, 0.5) is 0 Å². The third-order valence-corrected chi connectivity index (χ3v) is 5.83. The Morgan fingerprint density at radius 1 is 1.07 bits per heavy atom. The summed E-state index contributed by atoms with van der Waals surface area (Å²) >= 11 is 4.19. The summed E-state index contributed by atoms with van der Waals surface area (Å²) in [4.78, 5) is 11.5. The summed E-state index contributed by atoms with van der Waals surface area (Å²) in [7, 11) is 0. The van der Waals surface area contributed by atoms with Gasteiger partial charge in [-0.25, -0.2) is 0 Å². The number of carbonyl (C=O) groups is 1. The van der Waals surface area contributed by atoms with Crippen LogP contribution in [0.25, 0.3) is 16.7 Å². The van der Waals surface area contributed by atoms with Gasteiger partial charge in [-0.1, -0.05) is 48.2 Å². The highest BCUT2D eigenvalue weighted by molar-refractivity contribution is 7.78. The highest BCUT2D eigenvalue weighted by Crippen LogP contribution is 2.40. The highest BCUT2D eigenvalue weighted by atomic mass is 32.1. The summed E-state index contributed by atoms with van der Waals surface area (Å²) in [5.41, 5.74) is 10.6. The van der Waals surface area contributed by atoms with Crippen LogP contribution in [0.15, 0.2) is 35.9 Å². The molecule has 1 aliphatic rings. The van der Waals surface area contributed by atoms with E-state index in [0.717, 1.165) is 48.1 Å². The Balaban J connectivity index is 2.23. The molecule has 0 fully saturated rings. The molecule has 0 heterocycles. The number of rotatable bonds is 6. The van der Waals surface area contributed by atoms with Gasteiger partial charge in [-0.2, -0.15) is 0 Å². The van der Waals surface area contributed by atoms with E-state index >= 15 is 0 Å². The lowest BCUT2D eigenvalue weighted by Gasteiger charge is -2.20. The molecule has 0 bridgehead atoms. The number of benzene rings is 2. The smallest absolute Gasteiger partial charge is 0.307 e. The predicted molar refractivity (Wildman–Crippen MR) is 115 cm³/mol. The maximum atomic E-state index is 11.5. The van der Waals surface area contributed by atoms with Gasteiger partial charge in [0, 0.05) is 6.54 Å². The van der Waals surface area contributed by atoms with Crippen molar-refractivity contribution >= 4 is 24.4 Å². The number of thiol groups is 1. The fraction of sp³-hybridized carbons (Fsp3) is 0.348. The number of aliphatic carboxylic acids is 1. The second-order valence-electron chi connectivity index (χ2n) is 7.41. The Morgan fingerprint density at radius 3 is 2.41 bits per heavy atom. The molecule has 0 unspecified atom stereocenters. The van der Waals surface area contributed by atoms with Crippen LogP contribution in [0.3, 0.4) is 0 Å². The van der Waals surface area contributed by atoms with Crippen molar-refractivity contribution in [3.8, 4) is 11.1 Å². The van der Waals surface area contributed by atoms with Crippen molar-refractivity contribution in [2.24, 2.45) is 0 Å². The number of carboxylic acid groups (broad SMARTS) is 1. The number of nitrogens with one attached hydrogen (secondary N) is 1. The third kappa shape index (κ3) is 4.12. The van der Waals surface area contributed by atoms with E-state index in [9.17, 15) is 9.90 Å². The highest BCUT2D eigenvalue weighted by Gasteiger charge is 2.22. The van der Waals surface area contributed by atoms with E-state index in [1.165, 1.54) is 27.8 Å². The summed E-state index contributed by atoms with van der Waals surface area (Å²) in [6.07, 6.45) is 3.37. The van der Waals surface area contributed by atoms with Gasteiger partial charge in [0.15, 0.2) is 0 Å². The zero-order valence-electron chi connectivity index (χ0n) is 16.2. The van der Waals surface area contributed by atoms with Gasteiger partial charge in [-0.15, -0.1) is 0 Å². The molecule has 0 amide bonds. The van der Waals surface area contributed by atoms with Crippen LogP contribution in [0.2, 0.25) is 0 Å². The van der Waals surface area contributed by atoms with E-state index in [2.05, 4.69) is 68.6 Å². The quantitative estimate of drug-likeness (QED) is 0.597. The third-order valence-electron chi connectivity index (χ3n) is 5.67. The van der Waals surface area contributed by atoms with Crippen molar-refractivity contribution in [1.29, 1.82) is 0 Å². The number of hydrogen-bond donors (Lipinski definition) is 3. The molecule has 2 aromatic rings. The van der Waals surface area contributed by atoms with Crippen LogP contribution in [0.5, 0.6) is 0 Å². The molecule has 27 heavy (non-hydrogen) atoms.